The van der Waals surface area contributed by atoms with E-state index in [1.807, 2.05) is 23.3 Å². The number of aliphatic hydroxyl groups excluding tert-OH is 1. The van der Waals surface area contributed by atoms with Gasteiger partial charge in [0.2, 0.25) is 0 Å². The number of hydrogen-bond donors (Lipinski definition) is 2. The predicted octanol–water partition coefficient (Wildman–Crippen LogP) is 1.99. The van der Waals surface area contributed by atoms with Gasteiger partial charge in [0.15, 0.2) is 0 Å². The molecule has 23 heavy (non-hydrogen) atoms. The third-order valence-electron chi connectivity index (χ3n) is 5.14. The van der Waals surface area contributed by atoms with Crippen LogP contribution in [0.3, 0.4) is 0 Å². The Kier molecular flexibility index (Phi) is 2.50. The molecule has 3 atom stereocenters. The summed E-state index contributed by atoms with van der Waals surface area (Å²) in [4.78, 5) is 4.30. The highest BCUT2D eigenvalue weighted by molar-refractivity contribution is 5.69. The van der Waals surface area contributed by atoms with Crippen molar-refractivity contribution in [2.75, 3.05) is 5.73 Å². The number of aliphatic hydroxyl groups is 1. The average Bonchev–Trinajstić information content (AvgIpc) is 3.22. The van der Waals surface area contributed by atoms with Gasteiger partial charge in [0.1, 0.15) is 11.9 Å². The number of hydrogen-bond acceptors (Lipinski definition) is 4. The Balaban J connectivity index is 1.63. The first kappa shape index (κ1) is 12.9. The maximum Gasteiger partial charge on any atom is 0.145 e. The Hall–Kier alpha value is -2.60. The van der Waals surface area contributed by atoms with Crippen molar-refractivity contribution in [1.29, 1.82) is 0 Å². The lowest BCUT2D eigenvalue weighted by molar-refractivity contribution is 0.0525. The summed E-state index contributed by atoms with van der Waals surface area (Å²) < 4.78 is 4.01. The molecule has 0 spiro atoms. The van der Waals surface area contributed by atoms with Crippen molar-refractivity contribution in [2.24, 2.45) is 5.92 Å². The molecule has 0 amide bonds. The van der Waals surface area contributed by atoms with Crippen LogP contribution >= 0.6 is 0 Å². The number of rotatable bonds is 1. The molecular weight excluding hydrogens is 290 g/mol. The number of aryl methyl sites for hydroxylation is 1. The van der Waals surface area contributed by atoms with Crippen LogP contribution in [0.1, 0.15) is 29.8 Å². The molecular formula is C17H17N5O. The Morgan fingerprint density at radius 2 is 2.13 bits per heavy atom. The largest absolute Gasteiger partial charge is 0.386 e. The molecule has 4 heterocycles. The Morgan fingerprint density at radius 1 is 1.26 bits per heavy atom. The van der Waals surface area contributed by atoms with Crippen molar-refractivity contribution in [1.82, 2.24) is 19.3 Å². The first-order valence-corrected chi connectivity index (χ1v) is 7.86. The fourth-order valence-electron chi connectivity index (χ4n) is 4.16. The normalized spacial score (nSPS) is 25.0. The van der Waals surface area contributed by atoms with E-state index < -0.39 is 6.10 Å². The minimum absolute atomic E-state index is 0.0789. The van der Waals surface area contributed by atoms with Gasteiger partial charge >= 0.3 is 0 Å². The molecule has 3 aromatic rings. The van der Waals surface area contributed by atoms with E-state index in [0.717, 1.165) is 24.4 Å². The molecule has 0 fully saturated rings. The van der Waals surface area contributed by atoms with Crippen molar-refractivity contribution in [3.63, 3.8) is 0 Å². The third kappa shape index (κ3) is 1.66. The molecule has 0 aliphatic carbocycles. The van der Waals surface area contributed by atoms with Crippen molar-refractivity contribution < 1.29 is 5.11 Å². The number of imidazole rings is 1. The van der Waals surface area contributed by atoms with E-state index in [4.69, 9.17) is 5.73 Å². The molecule has 0 radical (unpaired) electrons. The van der Waals surface area contributed by atoms with Gasteiger partial charge in [-0.15, -0.1) is 0 Å². The summed E-state index contributed by atoms with van der Waals surface area (Å²) in [7, 11) is 0. The van der Waals surface area contributed by atoms with Crippen LogP contribution in [0, 0.1) is 5.92 Å². The van der Waals surface area contributed by atoms with Gasteiger partial charge in [-0.05, 0) is 12.0 Å². The number of nitrogen functional groups attached to an aromatic ring is 1. The van der Waals surface area contributed by atoms with Gasteiger partial charge in [-0.3, -0.25) is 4.68 Å². The van der Waals surface area contributed by atoms with E-state index in [1.54, 1.807) is 6.07 Å². The highest BCUT2D eigenvalue weighted by atomic mass is 16.3. The predicted molar refractivity (Wildman–Crippen MR) is 85.5 cm³/mol. The first-order valence-electron chi connectivity index (χ1n) is 7.86. The van der Waals surface area contributed by atoms with Crippen LogP contribution in [0.15, 0.2) is 42.9 Å². The van der Waals surface area contributed by atoms with E-state index in [1.165, 1.54) is 11.1 Å². The van der Waals surface area contributed by atoms with Crippen LogP contribution in [0.2, 0.25) is 0 Å². The number of nitrogens with two attached hydrogens (primary N) is 1. The second-order valence-corrected chi connectivity index (χ2v) is 6.33. The second-order valence-electron chi connectivity index (χ2n) is 6.33. The highest BCUT2D eigenvalue weighted by Crippen LogP contribution is 2.48. The summed E-state index contributed by atoms with van der Waals surface area (Å²) in [6, 6.07) is 10.3. The van der Waals surface area contributed by atoms with E-state index in [-0.39, 0.29) is 12.0 Å². The van der Waals surface area contributed by atoms with Crippen LogP contribution in [0.4, 0.5) is 5.82 Å². The molecule has 6 heteroatoms. The SMILES string of the molecule is Nc1cc2n(n1)CCC([C@H]1c3ccccc3-c3cncn31)[C@@H]2O. The van der Waals surface area contributed by atoms with Gasteiger partial charge in [-0.1, -0.05) is 24.3 Å². The number of nitrogens with zero attached hydrogens (tertiary/aromatic N) is 4. The van der Waals surface area contributed by atoms with E-state index >= 15 is 0 Å². The van der Waals surface area contributed by atoms with E-state index in [0.29, 0.717) is 5.82 Å². The van der Waals surface area contributed by atoms with Crippen LogP contribution < -0.4 is 5.73 Å². The molecule has 2 aromatic heterocycles. The van der Waals surface area contributed by atoms with Crippen molar-refractivity contribution in [3.8, 4) is 11.3 Å². The number of aromatic nitrogens is 4. The van der Waals surface area contributed by atoms with Crippen molar-refractivity contribution >= 4 is 5.82 Å². The average molecular weight is 307 g/mol. The van der Waals surface area contributed by atoms with E-state index in [9.17, 15) is 5.11 Å². The molecule has 1 unspecified atom stereocenters. The molecule has 2 aliphatic heterocycles. The standard InChI is InChI=1S/C17H17N5O/c18-15-7-13-17(23)12(5-6-22(13)20-15)16-11-4-2-1-3-10(11)14-8-19-9-21(14)16/h1-4,7-9,12,16-17,23H,5-6H2,(H2,18,20)/t12?,16-,17+/m1/s1. The smallest absolute Gasteiger partial charge is 0.145 e. The van der Waals surface area contributed by atoms with Gasteiger partial charge in [-0.2, -0.15) is 5.10 Å². The van der Waals surface area contributed by atoms with E-state index in [2.05, 4.69) is 32.8 Å². The van der Waals surface area contributed by atoms with Gasteiger partial charge < -0.3 is 15.4 Å². The van der Waals surface area contributed by atoms with Crippen LogP contribution in [-0.4, -0.2) is 24.4 Å². The quantitative estimate of drug-likeness (QED) is 0.720. The fourth-order valence-corrected chi connectivity index (χ4v) is 4.16. The highest BCUT2D eigenvalue weighted by Gasteiger charge is 2.41. The molecule has 3 N–H and O–H groups in total. The molecule has 0 bridgehead atoms. The summed E-state index contributed by atoms with van der Waals surface area (Å²) in [5, 5.41) is 15.2. The molecule has 6 nitrogen and oxygen atoms in total. The lowest BCUT2D eigenvalue weighted by Crippen LogP contribution is -2.31. The maximum atomic E-state index is 10.9. The Bertz CT molecular complexity index is 896. The summed E-state index contributed by atoms with van der Waals surface area (Å²) in [5.74, 6) is 0.546. The van der Waals surface area contributed by atoms with Gasteiger partial charge in [0.05, 0.1) is 30.0 Å². The first-order chi connectivity index (χ1) is 11.2. The summed E-state index contributed by atoms with van der Waals surface area (Å²) in [6.45, 7) is 0.775. The molecule has 1 aromatic carbocycles. The second kappa shape index (κ2) is 4.45. The van der Waals surface area contributed by atoms with Crippen molar-refractivity contribution in [3.05, 3.63) is 54.1 Å². The summed E-state index contributed by atoms with van der Waals surface area (Å²) in [6.07, 6.45) is 4.04. The monoisotopic (exact) mass is 307 g/mol. The minimum atomic E-state index is -0.583. The topological polar surface area (TPSA) is 81.9 Å². The lowest BCUT2D eigenvalue weighted by atomic mass is 9.83. The van der Waals surface area contributed by atoms with Crippen LogP contribution in [0.5, 0.6) is 0 Å². The number of fused-ring (bicyclic) bond motifs is 4. The lowest BCUT2D eigenvalue weighted by Gasteiger charge is -2.34. The minimum Gasteiger partial charge on any atom is -0.386 e. The zero-order valence-corrected chi connectivity index (χ0v) is 12.5. The zero-order chi connectivity index (χ0) is 15.6. The molecule has 116 valence electrons. The van der Waals surface area contributed by atoms with Crippen molar-refractivity contribution in [2.45, 2.75) is 25.1 Å². The molecule has 0 saturated heterocycles. The maximum absolute atomic E-state index is 10.9. The molecule has 5 rings (SSSR count). The number of benzene rings is 1. The van der Waals surface area contributed by atoms with Gasteiger partial charge in [0.25, 0.3) is 0 Å². The Labute approximate surface area is 133 Å². The summed E-state index contributed by atoms with van der Waals surface area (Å²) in [5.41, 5.74) is 10.2. The van der Waals surface area contributed by atoms with Crippen LogP contribution in [-0.2, 0) is 6.54 Å². The number of anilines is 1. The summed E-state index contributed by atoms with van der Waals surface area (Å²) >= 11 is 0. The zero-order valence-electron chi connectivity index (χ0n) is 12.5. The third-order valence-corrected chi connectivity index (χ3v) is 5.14. The molecule has 0 saturated carbocycles. The Morgan fingerprint density at radius 3 is 3.04 bits per heavy atom. The van der Waals surface area contributed by atoms with Crippen LogP contribution in [0.25, 0.3) is 11.3 Å². The molecule has 2 aliphatic rings. The fraction of sp³-hybridized carbons (Fsp3) is 0.294. The van der Waals surface area contributed by atoms with Gasteiger partial charge in [0, 0.05) is 24.1 Å². The van der Waals surface area contributed by atoms with Gasteiger partial charge in [-0.25, -0.2) is 4.98 Å².